The van der Waals surface area contributed by atoms with E-state index in [9.17, 15) is 4.79 Å². The van der Waals surface area contributed by atoms with Gasteiger partial charge in [0.05, 0.1) is 10.0 Å². The topological polar surface area (TPSA) is 44.4 Å². The van der Waals surface area contributed by atoms with Crippen LogP contribution in [0.2, 0.25) is 10.0 Å². The zero-order valence-electron chi connectivity index (χ0n) is 11.7. The van der Waals surface area contributed by atoms with Gasteiger partial charge in [-0.2, -0.15) is 0 Å². The summed E-state index contributed by atoms with van der Waals surface area (Å²) in [4.78, 5) is 14.6. The minimum absolute atomic E-state index is 0.176. The van der Waals surface area contributed by atoms with Crippen molar-refractivity contribution in [3.63, 3.8) is 0 Å². The molecule has 2 aliphatic heterocycles. The molecule has 3 rings (SSSR count). The van der Waals surface area contributed by atoms with Gasteiger partial charge in [-0.1, -0.05) is 23.2 Å². The highest BCUT2D eigenvalue weighted by Crippen LogP contribution is 2.27. The maximum atomic E-state index is 12.1. The Morgan fingerprint density at radius 3 is 2.86 bits per heavy atom. The lowest BCUT2D eigenvalue weighted by Gasteiger charge is -2.35. The highest BCUT2D eigenvalue weighted by atomic mass is 35.5. The number of nitrogens with one attached hydrogen (secondary N) is 2. The molecule has 2 fully saturated rings. The number of rotatable bonds is 2. The van der Waals surface area contributed by atoms with Gasteiger partial charge in [0, 0.05) is 24.3 Å². The van der Waals surface area contributed by atoms with E-state index in [1.807, 2.05) is 0 Å². The lowest BCUT2D eigenvalue weighted by atomic mass is 9.98. The molecule has 0 bridgehead atoms. The van der Waals surface area contributed by atoms with Crippen molar-refractivity contribution in [3.05, 3.63) is 28.2 Å². The molecule has 114 valence electrons. The highest BCUT2D eigenvalue weighted by molar-refractivity contribution is 6.42. The van der Waals surface area contributed by atoms with Crippen LogP contribution < -0.4 is 10.6 Å². The van der Waals surface area contributed by atoms with Crippen molar-refractivity contribution in [2.75, 3.05) is 18.4 Å². The van der Waals surface area contributed by atoms with Gasteiger partial charge in [0.25, 0.3) is 0 Å². The third-order valence-electron chi connectivity index (χ3n) is 4.33. The Morgan fingerprint density at radius 2 is 2.05 bits per heavy atom. The van der Waals surface area contributed by atoms with Crippen LogP contribution >= 0.6 is 23.2 Å². The number of amides is 2. The smallest absolute Gasteiger partial charge is 0.319 e. The Labute approximate surface area is 134 Å². The van der Waals surface area contributed by atoms with Crippen LogP contribution in [0.1, 0.15) is 25.7 Å². The standard InChI is InChI=1S/C15H19Cl2N3O/c16-13-4-3-10(9-14(13)17)18-15(21)19-11-5-7-20-6-1-2-12(20)8-11/h3-4,9,11-12H,1-2,5-8H2,(H2,18,19,21). The Kier molecular flexibility index (Phi) is 4.57. The molecule has 0 radical (unpaired) electrons. The molecule has 6 heteroatoms. The van der Waals surface area contributed by atoms with E-state index in [1.54, 1.807) is 18.2 Å². The van der Waals surface area contributed by atoms with Crippen LogP contribution in [0.15, 0.2) is 18.2 Å². The molecule has 0 aromatic heterocycles. The molecule has 1 aromatic carbocycles. The van der Waals surface area contributed by atoms with Crippen LogP contribution in [-0.4, -0.2) is 36.1 Å². The average molecular weight is 328 g/mol. The molecular weight excluding hydrogens is 309 g/mol. The summed E-state index contributed by atoms with van der Waals surface area (Å²) in [6.45, 7) is 2.30. The number of piperidine rings is 1. The van der Waals surface area contributed by atoms with Crippen LogP contribution in [0.25, 0.3) is 0 Å². The predicted molar refractivity (Wildman–Crippen MR) is 86.2 cm³/mol. The number of carbonyl (C=O) groups excluding carboxylic acids is 1. The zero-order chi connectivity index (χ0) is 14.8. The quantitative estimate of drug-likeness (QED) is 0.869. The number of benzene rings is 1. The highest BCUT2D eigenvalue weighted by Gasteiger charge is 2.32. The van der Waals surface area contributed by atoms with E-state index in [0.717, 1.165) is 19.4 Å². The fourth-order valence-electron chi connectivity index (χ4n) is 3.28. The van der Waals surface area contributed by atoms with Gasteiger partial charge in [0.2, 0.25) is 0 Å². The fourth-order valence-corrected chi connectivity index (χ4v) is 3.58. The van der Waals surface area contributed by atoms with Gasteiger partial charge in [0.15, 0.2) is 0 Å². The minimum Gasteiger partial charge on any atom is -0.335 e. The molecule has 2 heterocycles. The third-order valence-corrected chi connectivity index (χ3v) is 5.07. The van der Waals surface area contributed by atoms with Crippen LogP contribution in [0.5, 0.6) is 0 Å². The molecule has 4 nitrogen and oxygen atoms in total. The summed E-state index contributed by atoms with van der Waals surface area (Å²) in [6.07, 6.45) is 4.61. The average Bonchev–Trinajstić information content (AvgIpc) is 2.90. The van der Waals surface area contributed by atoms with Crippen LogP contribution in [0.4, 0.5) is 10.5 Å². The van der Waals surface area contributed by atoms with Crippen molar-refractivity contribution < 1.29 is 4.79 Å². The van der Waals surface area contributed by atoms with Crippen molar-refractivity contribution in [1.82, 2.24) is 10.2 Å². The molecule has 2 saturated heterocycles. The van der Waals surface area contributed by atoms with Gasteiger partial charge < -0.3 is 15.5 Å². The van der Waals surface area contributed by atoms with Gasteiger partial charge in [-0.15, -0.1) is 0 Å². The van der Waals surface area contributed by atoms with Gasteiger partial charge in [-0.3, -0.25) is 0 Å². The molecule has 2 atom stereocenters. The van der Waals surface area contributed by atoms with Crippen molar-refractivity contribution in [1.29, 1.82) is 0 Å². The summed E-state index contributed by atoms with van der Waals surface area (Å²) in [5.41, 5.74) is 0.653. The summed E-state index contributed by atoms with van der Waals surface area (Å²) < 4.78 is 0. The Bertz CT molecular complexity index is 538. The summed E-state index contributed by atoms with van der Waals surface area (Å²) >= 11 is 11.8. The molecule has 2 N–H and O–H groups in total. The Balaban J connectivity index is 1.53. The van der Waals surface area contributed by atoms with Crippen LogP contribution in [-0.2, 0) is 0 Å². The molecule has 0 spiro atoms. The van der Waals surface area contributed by atoms with Crippen molar-refractivity contribution in [2.24, 2.45) is 0 Å². The van der Waals surface area contributed by atoms with Gasteiger partial charge >= 0.3 is 6.03 Å². The second-order valence-corrected chi connectivity index (χ2v) is 6.60. The maximum absolute atomic E-state index is 12.1. The first kappa shape index (κ1) is 14.9. The Hall–Kier alpha value is -0.970. The van der Waals surface area contributed by atoms with Gasteiger partial charge in [-0.05, 0) is 50.4 Å². The number of fused-ring (bicyclic) bond motifs is 1. The number of halogens is 2. The fraction of sp³-hybridized carbons (Fsp3) is 0.533. The molecular formula is C15H19Cl2N3O. The summed E-state index contributed by atoms with van der Waals surface area (Å²) in [5.74, 6) is 0. The van der Waals surface area contributed by atoms with E-state index < -0.39 is 0 Å². The Morgan fingerprint density at radius 1 is 1.19 bits per heavy atom. The van der Waals surface area contributed by atoms with E-state index in [-0.39, 0.29) is 12.1 Å². The first-order valence-corrected chi connectivity index (χ1v) is 8.14. The number of hydrogen-bond acceptors (Lipinski definition) is 2. The molecule has 2 amide bonds. The van der Waals surface area contributed by atoms with E-state index in [4.69, 9.17) is 23.2 Å². The summed E-state index contributed by atoms with van der Waals surface area (Å²) in [6, 6.07) is 5.80. The number of urea groups is 1. The molecule has 1 aromatic rings. The van der Waals surface area contributed by atoms with E-state index in [0.29, 0.717) is 21.8 Å². The second-order valence-electron chi connectivity index (χ2n) is 5.78. The van der Waals surface area contributed by atoms with E-state index in [2.05, 4.69) is 15.5 Å². The minimum atomic E-state index is -0.176. The molecule has 0 saturated carbocycles. The number of anilines is 1. The number of hydrogen-bond donors (Lipinski definition) is 2. The van der Waals surface area contributed by atoms with Crippen molar-refractivity contribution >= 4 is 34.9 Å². The normalized spacial score (nSPS) is 25.4. The van der Waals surface area contributed by atoms with Crippen LogP contribution in [0, 0.1) is 0 Å². The summed E-state index contributed by atoms with van der Waals surface area (Å²) in [5, 5.41) is 6.79. The van der Waals surface area contributed by atoms with E-state index in [1.165, 1.54) is 19.4 Å². The lowest BCUT2D eigenvalue weighted by molar-refractivity contribution is 0.168. The third kappa shape index (κ3) is 3.62. The van der Waals surface area contributed by atoms with E-state index >= 15 is 0 Å². The van der Waals surface area contributed by atoms with Gasteiger partial charge in [0.1, 0.15) is 0 Å². The molecule has 2 aliphatic rings. The zero-order valence-corrected chi connectivity index (χ0v) is 13.3. The first-order chi connectivity index (χ1) is 10.1. The van der Waals surface area contributed by atoms with Crippen LogP contribution in [0.3, 0.4) is 0 Å². The van der Waals surface area contributed by atoms with Gasteiger partial charge in [-0.25, -0.2) is 4.79 Å². The molecule has 21 heavy (non-hydrogen) atoms. The first-order valence-electron chi connectivity index (χ1n) is 7.38. The van der Waals surface area contributed by atoms with Crippen molar-refractivity contribution in [2.45, 2.75) is 37.8 Å². The maximum Gasteiger partial charge on any atom is 0.319 e. The predicted octanol–water partition coefficient (Wildman–Crippen LogP) is 3.74. The molecule has 2 unspecified atom stereocenters. The second kappa shape index (κ2) is 6.42. The van der Waals surface area contributed by atoms with Crippen molar-refractivity contribution in [3.8, 4) is 0 Å². The lowest BCUT2D eigenvalue weighted by Crippen LogP contribution is -2.48. The largest absolute Gasteiger partial charge is 0.335 e. The number of nitrogens with zero attached hydrogens (tertiary/aromatic N) is 1. The monoisotopic (exact) mass is 327 g/mol. The SMILES string of the molecule is O=C(Nc1ccc(Cl)c(Cl)c1)NC1CCN2CCCC2C1. The number of carbonyl (C=O) groups is 1. The molecule has 0 aliphatic carbocycles. The summed E-state index contributed by atoms with van der Waals surface area (Å²) in [7, 11) is 0.